The average molecular weight is 983 g/mol. The van der Waals surface area contributed by atoms with Crippen molar-refractivity contribution in [2.45, 2.75) is 277 Å². The summed E-state index contributed by atoms with van der Waals surface area (Å²) in [7, 11) is -4.74. The van der Waals surface area contributed by atoms with Crippen LogP contribution in [-0.4, -0.2) is 66.5 Å². The molecule has 0 saturated carbocycles. The summed E-state index contributed by atoms with van der Waals surface area (Å²) in [5, 5.41) is 9.79. The Kier molecular flexibility index (Phi) is 49.3. The van der Waals surface area contributed by atoms with Gasteiger partial charge in [-0.25, -0.2) is 4.57 Å². The van der Waals surface area contributed by atoms with Crippen LogP contribution in [0.1, 0.15) is 265 Å². The number of aliphatic hydroxyl groups excluding tert-OH is 1. The molecule has 398 valence electrons. The van der Waals surface area contributed by atoms with Crippen molar-refractivity contribution >= 4 is 25.7 Å². The van der Waals surface area contributed by atoms with E-state index in [2.05, 4.69) is 57.2 Å². The van der Waals surface area contributed by atoms with Gasteiger partial charge in [0.15, 0.2) is 6.10 Å². The van der Waals surface area contributed by atoms with E-state index in [1.54, 1.807) is 0 Å². The molecular weight excluding hydrogens is 880 g/mol. The van der Waals surface area contributed by atoms with Crippen molar-refractivity contribution in [2.24, 2.45) is 0 Å². The molecule has 0 spiro atoms. The first-order valence-corrected chi connectivity index (χ1v) is 29.4. The number of esters is 3. The van der Waals surface area contributed by atoms with Crippen molar-refractivity contribution in [1.82, 2.24) is 0 Å². The van der Waals surface area contributed by atoms with Gasteiger partial charge in [0, 0.05) is 19.3 Å². The maximum Gasteiger partial charge on any atom is 0.472 e. The van der Waals surface area contributed by atoms with Crippen molar-refractivity contribution in [3.63, 3.8) is 0 Å². The lowest BCUT2D eigenvalue weighted by Gasteiger charge is -2.21. The zero-order chi connectivity index (χ0) is 49.9. The molecule has 0 aromatic heterocycles. The van der Waals surface area contributed by atoms with E-state index in [1.807, 2.05) is 0 Å². The standard InChI is InChI=1S/C56H103O11P/c1-4-7-10-13-16-19-22-25-26-29-32-35-38-41-44-47-56(60)67-53(49-63-54(58)45-42-39-36-33-30-27-23-20-17-14-11-8-5-2)51-65-68(61,62)64-50-52(48-57)66-55(59)46-43-40-37-34-31-28-24-21-18-15-12-9-6-3/h20-21,23-26,52-53,57H,4-19,22,27-51H2,1-3H3,(H,61,62)/b23-20-,24-21-,26-25-. The third-order valence-corrected chi connectivity index (χ3v) is 13.0. The van der Waals surface area contributed by atoms with Crippen LogP contribution < -0.4 is 0 Å². The summed E-state index contributed by atoms with van der Waals surface area (Å²) in [4.78, 5) is 48.4. The normalized spacial score (nSPS) is 13.7. The molecule has 3 atom stereocenters. The monoisotopic (exact) mass is 983 g/mol. The average Bonchev–Trinajstić information content (AvgIpc) is 3.32. The first-order valence-electron chi connectivity index (χ1n) is 27.9. The summed E-state index contributed by atoms with van der Waals surface area (Å²) in [6, 6.07) is 0. The number of hydrogen-bond acceptors (Lipinski definition) is 10. The number of carbonyl (C=O) groups excluding carboxylic acids is 3. The van der Waals surface area contributed by atoms with Crippen molar-refractivity contribution in [3.05, 3.63) is 36.5 Å². The minimum Gasteiger partial charge on any atom is -0.462 e. The van der Waals surface area contributed by atoms with Gasteiger partial charge in [0.2, 0.25) is 0 Å². The van der Waals surface area contributed by atoms with Gasteiger partial charge in [-0.1, -0.05) is 186 Å². The fraction of sp³-hybridized carbons (Fsp3) is 0.839. The van der Waals surface area contributed by atoms with Crippen LogP contribution in [0.3, 0.4) is 0 Å². The van der Waals surface area contributed by atoms with E-state index in [-0.39, 0.29) is 25.9 Å². The highest BCUT2D eigenvalue weighted by Gasteiger charge is 2.28. The third-order valence-electron chi connectivity index (χ3n) is 12.0. The Morgan fingerprint density at radius 1 is 0.397 bits per heavy atom. The molecule has 0 aliphatic carbocycles. The molecule has 0 bridgehead atoms. The number of rotatable bonds is 52. The fourth-order valence-electron chi connectivity index (χ4n) is 7.69. The lowest BCUT2D eigenvalue weighted by atomic mass is 10.1. The van der Waals surface area contributed by atoms with Crippen LogP contribution in [0.5, 0.6) is 0 Å². The van der Waals surface area contributed by atoms with Gasteiger partial charge in [-0.15, -0.1) is 0 Å². The minimum atomic E-state index is -4.74. The summed E-state index contributed by atoms with van der Waals surface area (Å²) in [6.07, 6.45) is 51.0. The Labute approximate surface area is 416 Å². The number of hydrogen-bond donors (Lipinski definition) is 2. The Morgan fingerprint density at radius 2 is 0.676 bits per heavy atom. The predicted molar refractivity (Wildman–Crippen MR) is 279 cm³/mol. The van der Waals surface area contributed by atoms with Gasteiger partial charge >= 0.3 is 25.7 Å². The molecule has 0 saturated heterocycles. The Bertz CT molecular complexity index is 1280. The Hall–Kier alpha value is -2.30. The maximum absolute atomic E-state index is 12.9. The van der Waals surface area contributed by atoms with Crippen molar-refractivity contribution < 1.29 is 52.2 Å². The summed E-state index contributed by atoms with van der Waals surface area (Å²) in [6.45, 7) is 4.60. The van der Waals surface area contributed by atoms with Gasteiger partial charge in [0.1, 0.15) is 12.7 Å². The van der Waals surface area contributed by atoms with E-state index in [0.717, 1.165) is 116 Å². The number of carbonyl (C=O) groups is 3. The van der Waals surface area contributed by atoms with Gasteiger partial charge in [0.25, 0.3) is 0 Å². The lowest BCUT2D eigenvalue weighted by molar-refractivity contribution is -0.161. The summed E-state index contributed by atoms with van der Waals surface area (Å²) in [5.41, 5.74) is 0. The highest BCUT2D eigenvalue weighted by Crippen LogP contribution is 2.43. The molecular formula is C56H103O11P. The second-order valence-electron chi connectivity index (χ2n) is 18.7. The zero-order valence-corrected chi connectivity index (χ0v) is 44.7. The number of phosphoric acid groups is 1. The van der Waals surface area contributed by atoms with E-state index in [9.17, 15) is 28.9 Å². The smallest absolute Gasteiger partial charge is 0.462 e. The lowest BCUT2D eigenvalue weighted by Crippen LogP contribution is -2.30. The molecule has 68 heavy (non-hydrogen) atoms. The van der Waals surface area contributed by atoms with E-state index in [0.29, 0.717) is 19.3 Å². The van der Waals surface area contributed by atoms with Crippen LogP contribution >= 0.6 is 7.82 Å². The first-order chi connectivity index (χ1) is 33.2. The second kappa shape index (κ2) is 51.1. The van der Waals surface area contributed by atoms with Gasteiger partial charge in [-0.3, -0.25) is 23.4 Å². The highest BCUT2D eigenvalue weighted by atomic mass is 31.2. The molecule has 0 aliphatic rings. The molecule has 0 aromatic rings. The molecule has 0 aliphatic heterocycles. The highest BCUT2D eigenvalue weighted by molar-refractivity contribution is 7.47. The molecule has 0 radical (unpaired) electrons. The van der Waals surface area contributed by atoms with Crippen molar-refractivity contribution in [3.8, 4) is 0 Å². The Balaban J connectivity index is 4.74. The SMILES string of the molecule is CCCCCC/C=C\CCCCCCCC(=O)OCC(COP(=O)(O)OCC(CO)OC(=O)CCCCCCC/C=C\CCCCCC)OC(=O)CCCCCCC/C=C\CCCCCCCC. The van der Waals surface area contributed by atoms with Crippen molar-refractivity contribution in [1.29, 1.82) is 0 Å². The molecule has 11 nitrogen and oxygen atoms in total. The summed E-state index contributed by atoms with van der Waals surface area (Å²) in [5.74, 6) is -1.48. The largest absolute Gasteiger partial charge is 0.472 e. The molecule has 0 aromatic carbocycles. The molecule has 0 rings (SSSR count). The van der Waals surface area contributed by atoms with E-state index in [4.69, 9.17) is 23.3 Å². The van der Waals surface area contributed by atoms with Gasteiger partial charge in [-0.05, 0) is 96.3 Å². The topological polar surface area (TPSA) is 155 Å². The van der Waals surface area contributed by atoms with E-state index >= 15 is 0 Å². The third kappa shape index (κ3) is 48.7. The number of unbranched alkanes of at least 4 members (excludes halogenated alkanes) is 29. The van der Waals surface area contributed by atoms with Gasteiger partial charge in [0.05, 0.1) is 19.8 Å². The number of aliphatic hydroxyl groups is 1. The molecule has 3 unspecified atom stereocenters. The van der Waals surface area contributed by atoms with Crippen LogP contribution in [-0.2, 0) is 42.2 Å². The van der Waals surface area contributed by atoms with E-state index < -0.39 is 57.8 Å². The Morgan fingerprint density at radius 3 is 1.03 bits per heavy atom. The van der Waals surface area contributed by atoms with Crippen molar-refractivity contribution in [2.75, 3.05) is 26.4 Å². The fourth-order valence-corrected chi connectivity index (χ4v) is 8.48. The maximum atomic E-state index is 12.9. The van der Waals surface area contributed by atoms with Crippen LogP contribution in [0.15, 0.2) is 36.5 Å². The summed E-state index contributed by atoms with van der Waals surface area (Å²) < 4.78 is 39.4. The van der Waals surface area contributed by atoms with Gasteiger partial charge < -0.3 is 24.2 Å². The first kappa shape index (κ1) is 65.7. The molecule has 0 fully saturated rings. The van der Waals surface area contributed by atoms with Gasteiger partial charge in [-0.2, -0.15) is 0 Å². The van der Waals surface area contributed by atoms with Crippen LogP contribution in [0.25, 0.3) is 0 Å². The number of phosphoric ester groups is 1. The van der Waals surface area contributed by atoms with Crippen LogP contribution in [0.4, 0.5) is 0 Å². The quantitative estimate of drug-likeness (QED) is 0.0197. The molecule has 2 N–H and O–H groups in total. The molecule has 0 heterocycles. The zero-order valence-electron chi connectivity index (χ0n) is 43.8. The number of allylic oxidation sites excluding steroid dienone is 6. The number of ether oxygens (including phenoxy) is 3. The van der Waals surface area contributed by atoms with E-state index in [1.165, 1.54) is 89.9 Å². The second-order valence-corrected chi connectivity index (χ2v) is 20.2. The summed E-state index contributed by atoms with van der Waals surface area (Å²) >= 11 is 0. The molecule has 0 amide bonds. The predicted octanol–water partition coefficient (Wildman–Crippen LogP) is 16.0. The minimum absolute atomic E-state index is 0.158. The van der Waals surface area contributed by atoms with Crippen LogP contribution in [0.2, 0.25) is 0 Å². The van der Waals surface area contributed by atoms with Crippen LogP contribution in [0, 0.1) is 0 Å². The molecule has 12 heteroatoms.